The second-order valence-corrected chi connectivity index (χ2v) is 6.13. The molecule has 140 valence electrons. The van der Waals surface area contributed by atoms with Gasteiger partial charge in [-0.3, -0.25) is 4.79 Å². The minimum absolute atomic E-state index is 0.288. The molecule has 0 atom stereocenters. The van der Waals surface area contributed by atoms with Gasteiger partial charge < -0.3 is 14.8 Å². The van der Waals surface area contributed by atoms with E-state index in [-0.39, 0.29) is 5.91 Å². The van der Waals surface area contributed by atoms with Gasteiger partial charge in [0.05, 0.1) is 25.6 Å². The Morgan fingerprint density at radius 3 is 2.48 bits per heavy atom. The molecule has 0 bridgehead atoms. The van der Waals surface area contributed by atoms with E-state index in [2.05, 4.69) is 15.6 Å². The largest absolute Gasteiger partial charge is 0.497 e. The predicted molar refractivity (Wildman–Crippen MR) is 102 cm³/mol. The molecule has 1 aromatic heterocycles. The second kappa shape index (κ2) is 7.90. The van der Waals surface area contributed by atoms with Crippen LogP contribution in [-0.4, -0.2) is 35.1 Å². The van der Waals surface area contributed by atoms with Gasteiger partial charge in [0.2, 0.25) is 0 Å². The van der Waals surface area contributed by atoms with E-state index in [4.69, 9.17) is 9.47 Å². The quantitative estimate of drug-likeness (QED) is 0.726. The lowest BCUT2D eigenvalue weighted by Gasteiger charge is -2.11. The highest BCUT2D eigenvalue weighted by Crippen LogP contribution is 2.24. The Morgan fingerprint density at radius 2 is 1.81 bits per heavy atom. The standard InChI is InChI=1S/C20H22N4O3/c1-13-5-8-16(9-6-13)24-14(2)19(22-23-24)20(25)21-12-15-7-10-17(26-3)11-18(15)27-4/h5-11H,12H2,1-4H3,(H,21,25). The van der Waals surface area contributed by atoms with E-state index in [0.717, 1.165) is 16.8 Å². The summed E-state index contributed by atoms with van der Waals surface area (Å²) in [6, 6.07) is 13.3. The molecule has 27 heavy (non-hydrogen) atoms. The maximum absolute atomic E-state index is 12.6. The minimum atomic E-state index is -0.288. The topological polar surface area (TPSA) is 78.3 Å². The van der Waals surface area contributed by atoms with Crippen molar-refractivity contribution in [2.24, 2.45) is 0 Å². The van der Waals surface area contributed by atoms with Crippen LogP contribution in [0.1, 0.15) is 27.3 Å². The number of carbonyl (C=O) groups is 1. The molecule has 0 saturated carbocycles. The fraction of sp³-hybridized carbons (Fsp3) is 0.250. The molecule has 1 N–H and O–H groups in total. The van der Waals surface area contributed by atoms with E-state index in [1.54, 1.807) is 25.0 Å². The Bertz CT molecular complexity index is 948. The van der Waals surface area contributed by atoms with Crippen molar-refractivity contribution < 1.29 is 14.3 Å². The van der Waals surface area contributed by atoms with Crippen LogP contribution in [0, 0.1) is 13.8 Å². The Balaban J connectivity index is 1.75. The highest BCUT2D eigenvalue weighted by atomic mass is 16.5. The zero-order valence-electron chi connectivity index (χ0n) is 15.8. The van der Waals surface area contributed by atoms with Gasteiger partial charge in [-0.2, -0.15) is 0 Å². The minimum Gasteiger partial charge on any atom is -0.497 e. The number of hydrogen-bond donors (Lipinski definition) is 1. The molecule has 0 aliphatic rings. The zero-order chi connectivity index (χ0) is 19.4. The van der Waals surface area contributed by atoms with Gasteiger partial charge in [-0.1, -0.05) is 22.9 Å². The van der Waals surface area contributed by atoms with Crippen LogP contribution >= 0.6 is 0 Å². The number of nitrogens with zero attached hydrogens (tertiary/aromatic N) is 3. The van der Waals surface area contributed by atoms with Gasteiger partial charge in [-0.05, 0) is 38.1 Å². The molecule has 7 nitrogen and oxygen atoms in total. The molecule has 0 spiro atoms. The number of rotatable bonds is 6. The first-order valence-electron chi connectivity index (χ1n) is 8.52. The first kappa shape index (κ1) is 18.4. The second-order valence-electron chi connectivity index (χ2n) is 6.13. The molecule has 3 rings (SSSR count). The van der Waals surface area contributed by atoms with Crippen molar-refractivity contribution in [1.29, 1.82) is 0 Å². The van der Waals surface area contributed by atoms with Crippen LogP contribution in [-0.2, 0) is 6.54 Å². The molecule has 1 heterocycles. The molecule has 0 saturated heterocycles. The summed E-state index contributed by atoms with van der Waals surface area (Å²) in [4.78, 5) is 12.6. The predicted octanol–water partition coefficient (Wildman–Crippen LogP) is 2.83. The van der Waals surface area contributed by atoms with Crippen molar-refractivity contribution in [3.05, 3.63) is 65.0 Å². The average molecular weight is 366 g/mol. The van der Waals surface area contributed by atoms with E-state index < -0.39 is 0 Å². The number of amides is 1. The van der Waals surface area contributed by atoms with Crippen LogP contribution in [0.25, 0.3) is 5.69 Å². The van der Waals surface area contributed by atoms with Gasteiger partial charge in [-0.25, -0.2) is 4.68 Å². The summed E-state index contributed by atoms with van der Waals surface area (Å²) in [7, 11) is 3.17. The summed E-state index contributed by atoms with van der Waals surface area (Å²) in [5.41, 5.74) is 3.83. The zero-order valence-corrected chi connectivity index (χ0v) is 15.8. The Labute approximate surface area is 157 Å². The van der Waals surface area contributed by atoms with Gasteiger partial charge in [0.1, 0.15) is 11.5 Å². The molecule has 7 heteroatoms. The SMILES string of the molecule is COc1ccc(CNC(=O)c2nnn(-c3ccc(C)cc3)c2C)c(OC)c1. The van der Waals surface area contributed by atoms with Gasteiger partial charge in [0.15, 0.2) is 5.69 Å². The average Bonchev–Trinajstić information content (AvgIpc) is 3.08. The summed E-state index contributed by atoms with van der Waals surface area (Å²) >= 11 is 0. The first-order chi connectivity index (χ1) is 13.0. The van der Waals surface area contributed by atoms with Crippen molar-refractivity contribution in [1.82, 2.24) is 20.3 Å². The van der Waals surface area contributed by atoms with E-state index >= 15 is 0 Å². The van der Waals surface area contributed by atoms with Crippen molar-refractivity contribution in [2.75, 3.05) is 14.2 Å². The summed E-state index contributed by atoms with van der Waals surface area (Å²) in [6.45, 7) is 4.15. The molecular formula is C20H22N4O3. The van der Waals surface area contributed by atoms with Crippen molar-refractivity contribution in [2.45, 2.75) is 20.4 Å². The van der Waals surface area contributed by atoms with Crippen LogP contribution in [0.5, 0.6) is 11.5 Å². The maximum Gasteiger partial charge on any atom is 0.274 e. The monoisotopic (exact) mass is 366 g/mol. The number of nitrogens with one attached hydrogen (secondary N) is 1. The first-order valence-corrected chi connectivity index (χ1v) is 8.52. The fourth-order valence-corrected chi connectivity index (χ4v) is 2.73. The van der Waals surface area contributed by atoms with Gasteiger partial charge in [0.25, 0.3) is 5.91 Å². The Hall–Kier alpha value is -3.35. The molecule has 1 amide bonds. The normalized spacial score (nSPS) is 10.5. The fourth-order valence-electron chi connectivity index (χ4n) is 2.73. The van der Waals surface area contributed by atoms with Gasteiger partial charge >= 0.3 is 0 Å². The van der Waals surface area contributed by atoms with Crippen molar-refractivity contribution in [3.8, 4) is 17.2 Å². The number of benzene rings is 2. The van der Waals surface area contributed by atoms with Crippen LogP contribution in [0.4, 0.5) is 0 Å². The molecule has 3 aromatic rings. The third kappa shape index (κ3) is 3.92. The highest BCUT2D eigenvalue weighted by molar-refractivity contribution is 5.93. The number of hydrogen-bond acceptors (Lipinski definition) is 5. The van der Waals surface area contributed by atoms with Crippen LogP contribution in [0.3, 0.4) is 0 Å². The Kier molecular flexibility index (Phi) is 5.40. The van der Waals surface area contributed by atoms with Gasteiger partial charge in [-0.15, -0.1) is 5.10 Å². The smallest absolute Gasteiger partial charge is 0.274 e. The lowest BCUT2D eigenvalue weighted by Crippen LogP contribution is -2.24. The maximum atomic E-state index is 12.6. The third-order valence-corrected chi connectivity index (χ3v) is 4.32. The number of aromatic nitrogens is 3. The summed E-state index contributed by atoms with van der Waals surface area (Å²) in [5.74, 6) is 1.05. The number of aryl methyl sites for hydroxylation is 1. The summed E-state index contributed by atoms with van der Waals surface area (Å²) in [5, 5.41) is 11.0. The van der Waals surface area contributed by atoms with Crippen LogP contribution in [0.15, 0.2) is 42.5 Å². The molecule has 0 radical (unpaired) electrons. The summed E-state index contributed by atoms with van der Waals surface area (Å²) < 4.78 is 12.2. The molecular weight excluding hydrogens is 344 g/mol. The van der Waals surface area contributed by atoms with Crippen molar-refractivity contribution >= 4 is 5.91 Å². The van der Waals surface area contributed by atoms with E-state index in [9.17, 15) is 4.79 Å². The van der Waals surface area contributed by atoms with E-state index in [1.807, 2.05) is 50.2 Å². The van der Waals surface area contributed by atoms with E-state index in [0.29, 0.717) is 29.4 Å². The third-order valence-electron chi connectivity index (χ3n) is 4.32. The van der Waals surface area contributed by atoms with Crippen LogP contribution < -0.4 is 14.8 Å². The van der Waals surface area contributed by atoms with E-state index in [1.165, 1.54) is 0 Å². The molecule has 0 aliphatic heterocycles. The Morgan fingerprint density at radius 1 is 1.07 bits per heavy atom. The number of carbonyl (C=O) groups excluding carboxylic acids is 1. The number of methoxy groups -OCH3 is 2. The molecule has 0 fully saturated rings. The molecule has 2 aromatic carbocycles. The lowest BCUT2D eigenvalue weighted by molar-refractivity contribution is 0.0945. The lowest BCUT2D eigenvalue weighted by atomic mass is 10.2. The van der Waals surface area contributed by atoms with Crippen LogP contribution in [0.2, 0.25) is 0 Å². The van der Waals surface area contributed by atoms with Crippen molar-refractivity contribution in [3.63, 3.8) is 0 Å². The number of ether oxygens (including phenoxy) is 2. The van der Waals surface area contributed by atoms with Gasteiger partial charge in [0, 0.05) is 18.2 Å². The molecule has 0 aliphatic carbocycles. The highest BCUT2D eigenvalue weighted by Gasteiger charge is 2.17. The summed E-state index contributed by atoms with van der Waals surface area (Å²) in [6.07, 6.45) is 0. The molecule has 0 unspecified atom stereocenters.